The maximum atomic E-state index is 4.89. The van der Waals surface area contributed by atoms with Gasteiger partial charge in [-0.3, -0.25) is 4.98 Å². The Balaban J connectivity index is 1.47. The van der Waals surface area contributed by atoms with Crippen molar-refractivity contribution in [2.24, 2.45) is 0 Å². The minimum atomic E-state index is 0.569. The number of hydrogen-bond donors (Lipinski definition) is 4. The number of aromatic nitrogens is 1. The predicted molar refractivity (Wildman–Crippen MR) is 106 cm³/mol. The second-order valence-electron chi connectivity index (χ2n) is 8.29. The molecule has 5 nitrogen and oxygen atoms in total. The third-order valence-corrected chi connectivity index (χ3v) is 6.43. The number of rotatable bonds is 0. The maximum absolute atomic E-state index is 4.89. The van der Waals surface area contributed by atoms with Crippen LogP contribution in [0.15, 0.2) is 18.2 Å². The fourth-order valence-corrected chi connectivity index (χ4v) is 4.95. The van der Waals surface area contributed by atoms with E-state index < -0.39 is 0 Å². The van der Waals surface area contributed by atoms with Crippen LogP contribution in [0.3, 0.4) is 0 Å². The first kappa shape index (κ1) is 18.4. The topological polar surface area (TPSA) is 61.0 Å². The Hall–Kier alpha value is -1.01. The molecule has 2 fully saturated rings. The molecule has 2 unspecified atom stereocenters. The standard InChI is InChI=1S/C21H35N5/c1-3-10-20-18(8-1)22-12-13-23-19-9-2-4-11-21(19)25-15-17-7-5-6-16(26-17)14-24-20/h5-7,18-25H,1-4,8-15H2/t18-,19-,20?,21?/m0/s1. The van der Waals surface area contributed by atoms with Crippen LogP contribution in [-0.2, 0) is 13.1 Å². The quantitative estimate of drug-likeness (QED) is 0.573. The van der Waals surface area contributed by atoms with Crippen LogP contribution in [0.1, 0.15) is 62.8 Å². The molecule has 2 aliphatic carbocycles. The first-order valence-corrected chi connectivity index (χ1v) is 10.8. The van der Waals surface area contributed by atoms with Gasteiger partial charge in [0.25, 0.3) is 0 Å². The number of hydrogen-bond acceptors (Lipinski definition) is 5. The van der Waals surface area contributed by atoms with Crippen LogP contribution in [0.2, 0.25) is 0 Å². The molecule has 4 rings (SSSR count). The van der Waals surface area contributed by atoms with E-state index in [0.29, 0.717) is 24.2 Å². The summed E-state index contributed by atoms with van der Waals surface area (Å²) >= 11 is 0. The Morgan fingerprint density at radius 1 is 0.615 bits per heavy atom. The van der Waals surface area contributed by atoms with E-state index in [-0.39, 0.29) is 0 Å². The second kappa shape index (κ2) is 9.27. The molecular formula is C21H35N5. The third-order valence-electron chi connectivity index (χ3n) is 6.43. The van der Waals surface area contributed by atoms with E-state index >= 15 is 0 Å². The van der Waals surface area contributed by atoms with Gasteiger partial charge in [-0.2, -0.15) is 0 Å². The Labute approximate surface area is 158 Å². The molecule has 144 valence electrons. The molecule has 2 bridgehead atoms. The minimum absolute atomic E-state index is 0.569. The molecule has 0 amide bonds. The van der Waals surface area contributed by atoms with Crippen molar-refractivity contribution in [1.29, 1.82) is 0 Å². The van der Waals surface area contributed by atoms with Crippen LogP contribution >= 0.6 is 0 Å². The maximum Gasteiger partial charge on any atom is 0.0545 e. The van der Waals surface area contributed by atoms with E-state index in [1.807, 2.05) is 0 Å². The Morgan fingerprint density at radius 3 is 1.50 bits per heavy atom. The highest BCUT2D eigenvalue weighted by atomic mass is 15.1. The van der Waals surface area contributed by atoms with Crippen molar-refractivity contribution in [2.75, 3.05) is 13.1 Å². The molecule has 2 saturated carbocycles. The van der Waals surface area contributed by atoms with Gasteiger partial charge in [-0.1, -0.05) is 31.7 Å². The summed E-state index contributed by atoms with van der Waals surface area (Å²) in [5.41, 5.74) is 2.34. The van der Waals surface area contributed by atoms with Gasteiger partial charge in [0.05, 0.1) is 11.4 Å². The molecule has 3 aliphatic rings. The normalized spacial score (nSPS) is 34.0. The van der Waals surface area contributed by atoms with Gasteiger partial charge in [-0.15, -0.1) is 0 Å². The van der Waals surface area contributed by atoms with Crippen LogP contribution in [0.5, 0.6) is 0 Å². The SMILES string of the molecule is c1cc2nc(c1)CNC1CCCC[C@@H]1NCCN[C@H]1CCCCC1NC2. The van der Waals surface area contributed by atoms with Gasteiger partial charge < -0.3 is 21.3 Å². The van der Waals surface area contributed by atoms with E-state index in [9.17, 15) is 0 Å². The van der Waals surface area contributed by atoms with Gasteiger partial charge in [-0.05, 0) is 37.8 Å². The molecule has 5 heteroatoms. The molecule has 2 heterocycles. The van der Waals surface area contributed by atoms with E-state index in [1.165, 1.54) is 62.8 Å². The van der Waals surface area contributed by atoms with Gasteiger partial charge >= 0.3 is 0 Å². The van der Waals surface area contributed by atoms with Crippen molar-refractivity contribution in [3.8, 4) is 0 Å². The van der Waals surface area contributed by atoms with Crippen molar-refractivity contribution in [1.82, 2.24) is 26.3 Å². The second-order valence-corrected chi connectivity index (χ2v) is 8.29. The van der Waals surface area contributed by atoms with Crippen LogP contribution in [0, 0.1) is 0 Å². The molecule has 0 saturated heterocycles. The molecule has 4 N–H and O–H groups in total. The summed E-state index contributed by atoms with van der Waals surface area (Å²) in [6.45, 7) is 3.89. The number of nitrogens with zero attached hydrogens (tertiary/aromatic N) is 1. The van der Waals surface area contributed by atoms with Crippen LogP contribution in [0.4, 0.5) is 0 Å². The van der Waals surface area contributed by atoms with Crippen molar-refractivity contribution in [2.45, 2.75) is 88.6 Å². The van der Waals surface area contributed by atoms with E-state index in [1.54, 1.807) is 0 Å². The Morgan fingerprint density at radius 2 is 1.04 bits per heavy atom. The van der Waals surface area contributed by atoms with Crippen molar-refractivity contribution < 1.29 is 0 Å². The average molecular weight is 358 g/mol. The third kappa shape index (κ3) is 4.83. The summed E-state index contributed by atoms with van der Waals surface area (Å²) in [6, 6.07) is 8.81. The molecule has 1 aliphatic heterocycles. The van der Waals surface area contributed by atoms with Crippen LogP contribution < -0.4 is 21.3 Å². The first-order chi connectivity index (χ1) is 12.9. The van der Waals surface area contributed by atoms with Gasteiger partial charge in [-0.25, -0.2) is 0 Å². The summed E-state index contributed by atoms with van der Waals surface area (Å²) in [5.74, 6) is 0. The molecule has 0 radical (unpaired) electrons. The molecule has 4 atom stereocenters. The molecule has 1 aromatic heterocycles. The molecular weight excluding hydrogens is 322 g/mol. The fraction of sp³-hybridized carbons (Fsp3) is 0.762. The lowest BCUT2D eigenvalue weighted by molar-refractivity contribution is 0.266. The Bertz CT molecular complexity index is 518. The Kier molecular flexibility index (Phi) is 6.54. The highest BCUT2D eigenvalue weighted by molar-refractivity contribution is 5.12. The summed E-state index contributed by atoms with van der Waals surface area (Å²) in [4.78, 5) is 4.89. The lowest BCUT2D eigenvalue weighted by Crippen LogP contribution is -2.53. The zero-order chi connectivity index (χ0) is 17.6. The molecule has 0 aromatic carbocycles. The van der Waals surface area contributed by atoms with Crippen LogP contribution in [-0.4, -0.2) is 42.2 Å². The van der Waals surface area contributed by atoms with E-state index in [0.717, 1.165) is 26.2 Å². The van der Waals surface area contributed by atoms with Gasteiger partial charge in [0.1, 0.15) is 0 Å². The largest absolute Gasteiger partial charge is 0.311 e. The van der Waals surface area contributed by atoms with Crippen LogP contribution in [0.25, 0.3) is 0 Å². The van der Waals surface area contributed by atoms with Crippen molar-refractivity contribution in [3.05, 3.63) is 29.6 Å². The lowest BCUT2D eigenvalue weighted by atomic mass is 9.89. The summed E-state index contributed by atoms with van der Waals surface area (Å²) in [5, 5.41) is 15.2. The highest BCUT2D eigenvalue weighted by Gasteiger charge is 2.26. The molecule has 0 spiro atoms. The van der Waals surface area contributed by atoms with Crippen molar-refractivity contribution in [3.63, 3.8) is 0 Å². The zero-order valence-electron chi connectivity index (χ0n) is 16.0. The first-order valence-electron chi connectivity index (χ1n) is 10.8. The average Bonchev–Trinajstić information content (AvgIpc) is 2.69. The van der Waals surface area contributed by atoms with Crippen molar-refractivity contribution >= 4 is 0 Å². The highest BCUT2D eigenvalue weighted by Crippen LogP contribution is 2.20. The number of pyridine rings is 1. The van der Waals surface area contributed by atoms with Gasteiger partial charge in [0.2, 0.25) is 0 Å². The van der Waals surface area contributed by atoms with Gasteiger partial charge in [0, 0.05) is 50.3 Å². The monoisotopic (exact) mass is 357 g/mol. The molecule has 1 aromatic rings. The minimum Gasteiger partial charge on any atom is -0.311 e. The summed E-state index contributed by atoms with van der Waals surface area (Å²) in [7, 11) is 0. The predicted octanol–water partition coefficient (Wildman–Crippen LogP) is 2.08. The smallest absolute Gasteiger partial charge is 0.0545 e. The summed E-state index contributed by atoms with van der Waals surface area (Å²) < 4.78 is 0. The summed E-state index contributed by atoms with van der Waals surface area (Å²) in [6.07, 6.45) is 10.5. The lowest BCUT2D eigenvalue weighted by Gasteiger charge is -2.34. The van der Waals surface area contributed by atoms with E-state index in [2.05, 4.69) is 39.5 Å². The number of fused-ring (bicyclic) bond motifs is 4. The van der Waals surface area contributed by atoms with Gasteiger partial charge in [0.15, 0.2) is 0 Å². The molecule has 26 heavy (non-hydrogen) atoms. The number of nitrogens with one attached hydrogen (secondary N) is 4. The zero-order valence-corrected chi connectivity index (χ0v) is 16.0. The fourth-order valence-electron chi connectivity index (χ4n) is 4.95. The van der Waals surface area contributed by atoms with E-state index in [4.69, 9.17) is 4.98 Å².